The first-order chi connectivity index (χ1) is 28.9. The third kappa shape index (κ3) is 7.32. The largest absolute Gasteiger partial charge is 0.491 e. The summed E-state index contributed by atoms with van der Waals surface area (Å²) in [4.78, 5) is 48.8. The van der Waals surface area contributed by atoms with Gasteiger partial charge in [0.15, 0.2) is 22.8 Å². The van der Waals surface area contributed by atoms with E-state index in [2.05, 4.69) is 61.9 Å². The van der Waals surface area contributed by atoms with Crippen LogP contribution < -0.4 is 14.2 Å². The van der Waals surface area contributed by atoms with Crippen LogP contribution in [0, 0.1) is 52.3 Å². The van der Waals surface area contributed by atoms with E-state index in [0.29, 0.717) is 42.0 Å². The van der Waals surface area contributed by atoms with Gasteiger partial charge in [0.05, 0.1) is 36.3 Å². The van der Waals surface area contributed by atoms with E-state index < -0.39 is 58.0 Å². The predicted octanol–water partition coefficient (Wildman–Crippen LogP) is 7.22. The minimum atomic E-state index is -1.74. The van der Waals surface area contributed by atoms with Crippen LogP contribution in [0.3, 0.4) is 0 Å². The average Bonchev–Trinajstić information content (AvgIpc) is 3.35. The summed E-state index contributed by atoms with van der Waals surface area (Å²) in [5.41, 5.74) is -1.01. The van der Waals surface area contributed by atoms with Crippen LogP contribution in [0.1, 0.15) is 103 Å². The van der Waals surface area contributed by atoms with E-state index in [1.165, 1.54) is 12.7 Å². The van der Waals surface area contributed by atoms with Crippen molar-refractivity contribution in [1.29, 1.82) is 10.5 Å². The molecule has 7 atom stereocenters. The van der Waals surface area contributed by atoms with E-state index in [9.17, 15) is 15.3 Å². The Morgan fingerprint density at radius 2 is 1.67 bits per heavy atom. The van der Waals surface area contributed by atoms with Gasteiger partial charge in [-0.2, -0.15) is 10.5 Å². The third-order valence-corrected chi connectivity index (χ3v) is 14.2. The van der Waals surface area contributed by atoms with Crippen LogP contribution in [0.15, 0.2) is 41.0 Å². The van der Waals surface area contributed by atoms with Gasteiger partial charge in [0.25, 0.3) is 0 Å². The molecule has 4 bridgehead atoms. The van der Waals surface area contributed by atoms with Gasteiger partial charge >= 0.3 is 5.97 Å². The minimum absolute atomic E-state index is 0.0803. The molecule has 4 heterocycles. The molecule has 12 heteroatoms. The van der Waals surface area contributed by atoms with Gasteiger partial charge in [-0.3, -0.25) is 14.5 Å². The highest BCUT2D eigenvalue weighted by Crippen LogP contribution is 2.72. The molecule has 7 unspecified atom stereocenters. The van der Waals surface area contributed by atoms with Crippen LogP contribution >= 0.6 is 0 Å². The van der Waals surface area contributed by atoms with Gasteiger partial charge in [-0.25, -0.2) is 4.79 Å². The number of benzene rings is 1. The lowest BCUT2D eigenvalue weighted by atomic mass is 9.42. The number of rotatable bonds is 13. The number of nitrogens with zero attached hydrogens (tertiary/aromatic N) is 4. The van der Waals surface area contributed by atoms with E-state index in [1.54, 1.807) is 13.0 Å². The third-order valence-electron chi connectivity index (χ3n) is 14.2. The van der Waals surface area contributed by atoms with E-state index >= 15 is 9.59 Å². The number of piperazine rings is 1. The number of methoxy groups -OCH3 is 1. The number of allylic oxidation sites excluding steroid dienone is 4. The molecule has 5 fully saturated rings. The summed E-state index contributed by atoms with van der Waals surface area (Å²) >= 11 is 0. The summed E-state index contributed by atoms with van der Waals surface area (Å²) in [6.45, 7) is 20.3. The molecule has 0 radical (unpaired) electrons. The van der Waals surface area contributed by atoms with Crippen LogP contribution in [0.25, 0.3) is 6.08 Å². The Kier molecular flexibility index (Phi) is 12.0. The van der Waals surface area contributed by atoms with Crippen molar-refractivity contribution >= 4 is 23.6 Å². The SMILES string of the molecule is COC(=O)/C(C)=C\CC12OC(C)(C)C3CC(C1=O)C(C(C#N)C#N)C1C(=O)c4c(OCCN5CCN(C)CC5)c5c(c(CC=C(C)C)c4OC132)OC(C)(CCC=C(C)C)C=C5. The van der Waals surface area contributed by atoms with E-state index in [1.807, 2.05) is 39.8 Å². The quantitative estimate of drug-likeness (QED) is 0.112. The predicted molar refractivity (Wildman–Crippen MR) is 230 cm³/mol. The van der Waals surface area contributed by atoms with Gasteiger partial charge in [-0.05, 0) is 100 Å². The molecule has 326 valence electrons. The van der Waals surface area contributed by atoms with Crippen LogP contribution in [-0.2, 0) is 25.5 Å². The van der Waals surface area contributed by atoms with Gasteiger partial charge in [0.1, 0.15) is 40.9 Å². The number of ketones is 2. The normalized spacial score (nSPS) is 30.9. The van der Waals surface area contributed by atoms with Crippen molar-refractivity contribution in [2.45, 2.75) is 110 Å². The summed E-state index contributed by atoms with van der Waals surface area (Å²) in [6, 6.07) is 4.31. The average molecular weight is 835 g/mol. The summed E-state index contributed by atoms with van der Waals surface area (Å²) < 4.78 is 33.7. The molecular formula is C49H62N4O8. The van der Waals surface area contributed by atoms with Gasteiger partial charge in [-0.15, -0.1) is 0 Å². The maximum Gasteiger partial charge on any atom is 0.333 e. The summed E-state index contributed by atoms with van der Waals surface area (Å²) in [5.74, 6) is -4.80. The molecule has 0 N–H and O–H groups in total. The Morgan fingerprint density at radius 1 is 0.984 bits per heavy atom. The lowest BCUT2D eigenvalue weighted by Crippen LogP contribution is -2.79. The Hall–Kier alpha value is -4.75. The first-order valence-corrected chi connectivity index (χ1v) is 21.8. The van der Waals surface area contributed by atoms with Crippen molar-refractivity contribution < 1.29 is 38.1 Å². The number of carbonyl (C=O) groups is 3. The number of carbonyl (C=O) groups excluding carboxylic acids is 3. The van der Waals surface area contributed by atoms with Crippen LogP contribution in [-0.4, -0.2) is 103 Å². The highest BCUT2D eigenvalue weighted by molar-refractivity contribution is 6.10. The summed E-state index contributed by atoms with van der Waals surface area (Å²) in [6.07, 6.45) is 12.0. The Labute approximate surface area is 361 Å². The van der Waals surface area contributed by atoms with E-state index in [-0.39, 0.29) is 47.9 Å². The second kappa shape index (κ2) is 16.5. The zero-order chi connectivity index (χ0) is 44.2. The molecule has 61 heavy (non-hydrogen) atoms. The Balaban J connectivity index is 1.49. The lowest BCUT2D eigenvalue weighted by molar-refractivity contribution is -0.212. The molecule has 3 saturated carbocycles. The molecule has 1 aromatic rings. The molecule has 7 aliphatic rings. The molecule has 1 spiro atoms. The summed E-state index contributed by atoms with van der Waals surface area (Å²) in [5, 5.41) is 21.0. The van der Waals surface area contributed by atoms with E-state index in [0.717, 1.165) is 38.2 Å². The molecule has 4 aliphatic heterocycles. The molecular weight excluding hydrogens is 773 g/mol. The van der Waals surface area contributed by atoms with Crippen molar-refractivity contribution in [2.75, 3.05) is 53.5 Å². The number of likely N-dealkylation sites (N-methyl/N-ethyl adjacent to an activating group) is 1. The zero-order valence-electron chi connectivity index (χ0n) is 37.6. The van der Waals surface area contributed by atoms with Crippen LogP contribution in [0.4, 0.5) is 0 Å². The van der Waals surface area contributed by atoms with Crippen molar-refractivity contribution in [1.82, 2.24) is 9.80 Å². The minimum Gasteiger partial charge on any atom is -0.491 e. The topological polar surface area (TPSA) is 151 Å². The summed E-state index contributed by atoms with van der Waals surface area (Å²) in [7, 11) is 3.41. The van der Waals surface area contributed by atoms with Crippen molar-refractivity contribution in [3.05, 3.63) is 57.7 Å². The zero-order valence-corrected chi connectivity index (χ0v) is 37.6. The molecule has 3 aliphatic carbocycles. The maximum atomic E-state index is 16.1. The fourth-order valence-electron chi connectivity index (χ4n) is 11.1. The van der Waals surface area contributed by atoms with Gasteiger partial charge < -0.3 is 28.6 Å². The smallest absolute Gasteiger partial charge is 0.333 e. The Morgan fingerprint density at radius 3 is 2.31 bits per heavy atom. The van der Waals surface area contributed by atoms with Gasteiger partial charge in [0, 0.05) is 68.0 Å². The molecule has 8 rings (SSSR count). The van der Waals surface area contributed by atoms with Gasteiger partial charge in [0.2, 0.25) is 0 Å². The number of esters is 1. The molecule has 1 aromatic carbocycles. The number of hydrogen-bond acceptors (Lipinski definition) is 12. The lowest BCUT2D eigenvalue weighted by Gasteiger charge is -2.63. The van der Waals surface area contributed by atoms with E-state index in [4.69, 9.17) is 23.7 Å². The molecule has 0 aromatic heterocycles. The number of hydrogen-bond donors (Lipinski definition) is 0. The highest BCUT2D eigenvalue weighted by atomic mass is 16.6. The number of Topliss-reactive ketones (excluding diaryl/α,β-unsaturated/α-hetero) is 2. The maximum absolute atomic E-state index is 16.1. The monoisotopic (exact) mass is 834 g/mol. The number of ether oxygens (including phenoxy) is 5. The first kappa shape index (κ1) is 44.3. The standard InChI is InChI=1S/C49H62N4O8/c1-29(2)12-11-17-47(8)18-16-34-41(59-47)33(14-13-30(3)4)43-38(42(34)58-25-24-53-22-20-52(9)21-23-53)40(54)39-37(32(27-50)28-51)35-26-36-46(6,7)61-48(44(35)55,49(36,39)60-43)19-15-31(5)45(56)57-10/h12-13,15-16,18,32,35-37,39H,11,14,17,19-26H2,1-10H3/b31-15-. The first-order valence-electron chi connectivity index (χ1n) is 21.8. The fraction of sp³-hybridized carbons (Fsp3) is 0.612. The highest BCUT2D eigenvalue weighted by Gasteiger charge is 2.86. The van der Waals surface area contributed by atoms with Crippen LogP contribution in [0.5, 0.6) is 17.2 Å². The van der Waals surface area contributed by atoms with Crippen molar-refractivity contribution in [3.8, 4) is 29.4 Å². The number of nitriles is 2. The van der Waals surface area contributed by atoms with Crippen molar-refractivity contribution in [2.24, 2.45) is 29.6 Å². The number of fused-ring (bicyclic) bond motifs is 2. The molecule has 0 amide bonds. The second-order valence-electron chi connectivity index (χ2n) is 19.2. The molecule has 12 nitrogen and oxygen atoms in total. The second-order valence-corrected chi connectivity index (χ2v) is 19.2. The van der Waals surface area contributed by atoms with Gasteiger partial charge in [-0.1, -0.05) is 29.4 Å². The fourth-order valence-corrected chi connectivity index (χ4v) is 11.1. The molecule has 2 saturated heterocycles. The van der Waals surface area contributed by atoms with Crippen molar-refractivity contribution in [3.63, 3.8) is 0 Å². The van der Waals surface area contributed by atoms with Crippen LogP contribution in [0.2, 0.25) is 0 Å². The Bertz CT molecular complexity index is 2180.